The van der Waals surface area contributed by atoms with E-state index in [9.17, 15) is 33.4 Å². The van der Waals surface area contributed by atoms with E-state index in [1.54, 1.807) is 0 Å². The lowest BCUT2D eigenvalue weighted by Gasteiger charge is -2.10. The summed E-state index contributed by atoms with van der Waals surface area (Å²) in [5.74, 6) is -0.748. The van der Waals surface area contributed by atoms with Crippen LogP contribution in [0.5, 0.6) is 0 Å². The number of non-ortho nitro benzene ring substituents is 1. The number of hydrogen-bond donors (Lipinski definition) is 2. The van der Waals surface area contributed by atoms with Crippen molar-refractivity contribution in [3.05, 3.63) is 98.6 Å². The summed E-state index contributed by atoms with van der Waals surface area (Å²) < 4.78 is 27.5. The molecule has 158 valence electrons. The van der Waals surface area contributed by atoms with Crippen LogP contribution < -0.4 is 10.0 Å². The molecule has 3 aromatic carbocycles. The SMILES string of the molecule is O=C(Nc1ccccc1[N+](=O)[O-])c1cccc(S(=O)(=O)Nc2cccc([N+](=O)[O-])c2)c1. The Hall–Kier alpha value is -4.32. The van der Waals surface area contributed by atoms with Gasteiger partial charge in [0.05, 0.1) is 20.4 Å². The number of nitrogens with one attached hydrogen (secondary N) is 2. The molecule has 0 atom stereocenters. The molecule has 0 radical (unpaired) electrons. The van der Waals surface area contributed by atoms with Crippen LogP contribution in [0.4, 0.5) is 22.7 Å². The van der Waals surface area contributed by atoms with Crippen molar-refractivity contribution >= 4 is 38.7 Å². The summed E-state index contributed by atoms with van der Waals surface area (Å²) in [6, 6.07) is 15.5. The third kappa shape index (κ3) is 5.00. The van der Waals surface area contributed by atoms with Gasteiger partial charge in [-0.05, 0) is 30.3 Å². The van der Waals surface area contributed by atoms with E-state index in [4.69, 9.17) is 0 Å². The number of hydrogen-bond acceptors (Lipinski definition) is 7. The summed E-state index contributed by atoms with van der Waals surface area (Å²) in [6.45, 7) is 0. The highest BCUT2D eigenvalue weighted by atomic mass is 32.2. The van der Waals surface area contributed by atoms with Crippen LogP contribution in [-0.4, -0.2) is 24.2 Å². The average Bonchev–Trinajstić information content (AvgIpc) is 2.74. The van der Waals surface area contributed by atoms with Crippen LogP contribution in [0.25, 0.3) is 0 Å². The van der Waals surface area contributed by atoms with E-state index in [2.05, 4.69) is 10.0 Å². The molecule has 0 aliphatic heterocycles. The van der Waals surface area contributed by atoms with Gasteiger partial charge in [-0.1, -0.05) is 24.3 Å². The zero-order valence-electron chi connectivity index (χ0n) is 15.6. The zero-order chi connectivity index (χ0) is 22.6. The Balaban J connectivity index is 1.85. The molecule has 0 aromatic heterocycles. The number of nitro benzene ring substituents is 2. The summed E-state index contributed by atoms with van der Waals surface area (Å²) in [4.78, 5) is 32.9. The first kappa shape index (κ1) is 21.4. The predicted octanol–water partition coefficient (Wildman–Crippen LogP) is 3.56. The van der Waals surface area contributed by atoms with Crippen LogP contribution in [0.2, 0.25) is 0 Å². The van der Waals surface area contributed by atoms with E-state index in [0.717, 1.165) is 12.1 Å². The van der Waals surface area contributed by atoms with Crippen molar-refractivity contribution in [3.8, 4) is 0 Å². The lowest BCUT2D eigenvalue weighted by Crippen LogP contribution is -2.16. The van der Waals surface area contributed by atoms with Gasteiger partial charge in [-0.3, -0.25) is 29.7 Å². The molecule has 0 fully saturated rings. The molecule has 3 aromatic rings. The molecule has 12 heteroatoms. The minimum Gasteiger partial charge on any atom is -0.316 e. The topological polar surface area (TPSA) is 162 Å². The van der Waals surface area contributed by atoms with Crippen LogP contribution in [0.15, 0.2) is 77.7 Å². The van der Waals surface area contributed by atoms with Gasteiger partial charge < -0.3 is 5.32 Å². The van der Waals surface area contributed by atoms with Crippen molar-refractivity contribution in [2.24, 2.45) is 0 Å². The Bertz CT molecular complexity index is 1290. The van der Waals surface area contributed by atoms with Gasteiger partial charge in [-0.25, -0.2) is 8.42 Å². The average molecular weight is 442 g/mol. The van der Waals surface area contributed by atoms with Crippen LogP contribution in [0.1, 0.15) is 10.4 Å². The molecular weight excluding hydrogens is 428 g/mol. The molecule has 11 nitrogen and oxygen atoms in total. The highest BCUT2D eigenvalue weighted by Crippen LogP contribution is 2.25. The number of benzene rings is 3. The molecule has 0 aliphatic carbocycles. The van der Waals surface area contributed by atoms with Gasteiger partial charge in [0, 0.05) is 23.8 Å². The first-order valence-electron chi connectivity index (χ1n) is 8.59. The number of carbonyl (C=O) groups excluding carboxylic acids is 1. The van der Waals surface area contributed by atoms with Crippen LogP contribution in [-0.2, 0) is 10.0 Å². The summed E-state index contributed by atoms with van der Waals surface area (Å²) >= 11 is 0. The number of sulfonamides is 1. The van der Waals surface area contributed by atoms with E-state index in [1.165, 1.54) is 60.7 Å². The number of rotatable bonds is 7. The second-order valence-corrected chi connectivity index (χ2v) is 7.85. The molecule has 1 amide bonds. The monoisotopic (exact) mass is 442 g/mol. The van der Waals surface area contributed by atoms with Crippen molar-refractivity contribution in [2.45, 2.75) is 4.90 Å². The smallest absolute Gasteiger partial charge is 0.292 e. The van der Waals surface area contributed by atoms with Gasteiger partial charge in [0.15, 0.2) is 0 Å². The number of nitro groups is 2. The van der Waals surface area contributed by atoms with E-state index in [1.807, 2.05) is 0 Å². The summed E-state index contributed by atoms with van der Waals surface area (Å²) in [7, 11) is -4.17. The lowest BCUT2D eigenvalue weighted by molar-refractivity contribution is -0.384. The summed E-state index contributed by atoms with van der Waals surface area (Å²) in [5, 5.41) is 24.3. The van der Waals surface area contributed by atoms with E-state index in [0.29, 0.717) is 0 Å². The minimum absolute atomic E-state index is 0.0241. The molecule has 31 heavy (non-hydrogen) atoms. The second kappa shape index (κ2) is 8.59. The molecule has 0 saturated carbocycles. The van der Waals surface area contributed by atoms with Gasteiger partial charge in [0.1, 0.15) is 5.69 Å². The van der Waals surface area contributed by atoms with Gasteiger partial charge in [0.2, 0.25) is 0 Å². The Kier molecular flexibility index (Phi) is 5.93. The van der Waals surface area contributed by atoms with E-state index in [-0.39, 0.29) is 33.2 Å². The highest BCUT2D eigenvalue weighted by molar-refractivity contribution is 7.92. The number of anilines is 2. The van der Waals surface area contributed by atoms with E-state index < -0.39 is 25.8 Å². The Labute approximate surface area is 175 Å². The predicted molar refractivity (Wildman–Crippen MR) is 111 cm³/mol. The normalized spacial score (nSPS) is 10.8. The second-order valence-electron chi connectivity index (χ2n) is 6.17. The van der Waals surface area contributed by atoms with Crippen molar-refractivity contribution < 1.29 is 23.1 Å². The van der Waals surface area contributed by atoms with Crippen molar-refractivity contribution in [1.82, 2.24) is 0 Å². The molecule has 0 saturated heterocycles. The molecule has 0 aliphatic rings. The fourth-order valence-corrected chi connectivity index (χ4v) is 3.73. The third-order valence-electron chi connectivity index (χ3n) is 4.06. The highest BCUT2D eigenvalue weighted by Gasteiger charge is 2.20. The molecule has 0 spiro atoms. The maximum atomic E-state index is 12.7. The largest absolute Gasteiger partial charge is 0.316 e. The quantitative estimate of drug-likeness (QED) is 0.417. The van der Waals surface area contributed by atoms with Crippen molar-refractivity contribution in [2.75, 3.05) is 10.0 Å². The Morgan fingerprint density at radius 1 is 0.839 bits per heavy atom. The summed E-state index contributed by atoms with van der Waals surface area (Å²) in [6.07, 6.45) is 0. The van der Waals surface area contributed by atoms with Gasteiger partial charge in [0.25, 0.3) is 27.3 Å². The molecule has 0 unspecified atom stereocenters. The third-order valence-corrected chi connectivity index (χ3v) is 5.44. The number of para-hydroxylation sites is 2. The number of carbonyl (C=O) groups is 1. The molecular formula is C19H14N4O7S. The lowest BCUT2D eigenvalue weighted by atomic mass is 10.2. The van der Waals surface area contributed by atoms with E-state index >= 15 is 0 Å². The first-order valence-corrected chi connectivity index (χ1v) is 10.1. The molecule has 2 N–H and O–H groups in total. The van der Waals surface area contributed by atoms with Crippen LogP contribution >= 0.6 is 0 Å². The Morgan fingerprint density at radius 3 is 2.26 bits per heavy atom. The fraction of sp³-hybridized carbons (Fsp3) is 0. The number of amides is 1. The van der Waals surface area contributed by atoms with Gasteiger partial charge >= 0.3 is 0 Å². The van der Waals surface area contributed by atoms with Crippen LogP contribution in [0, 0.1) is 20.2 Å². The Morgan fingerprint density at radius 2 is 1.55 bits per heavy atom. The van der Waals surface area contributed by atoms with Gasteiger partial charge in [-0.15, -0.1) is 0 Å². The molecule has 3 rings (SSSR count). The maximum absolute atomic E-state index is 12.7. The zero-order valence-corrected chi connectivity index (χ0v) is 16.4. The molecule has 0 bridgehead atoms. The number of nitrogens with zero attached hydrogens (tertiary/aromatic N) is 2. The summed E-state index contributed by atoms with van der Waals surface area (Å²) in [5.41, 5.74) is -0.728. The maximum Gasteiger partial charge on any atom is 0.292 e. The van der Waals surface area contributed by atoms with Crippen LogP contribution in [0.3, 0.4) is 0 Å². The standard InChI is InChI=1S/C19H14N4O7S/c24-19(20-17-9-1-2-10-18(17)23(27)28)13-5-3-8-16(11-13)31(29,30)21-14-6-4-7-15(12-14)22(25)26/h1-12,21H,(H,20,24). The van der Waals surface area contributed by atoms with Crippen molar-refractivity contribution in [1.29, 1.82) is 0 Å². The molecule has 0 heterocycles. The van der Waals surface area contributed by atoms with Gasteiger partial charge in [-0.2, -0.15) is 0 Å². The van der Waals surface area contributed by atoms with Crippen molar-refractivity contribution in [3.63, 3.8) is 0 Å². The fourth-order valence-electron chi connectivity index (χ4n) is 2.63. The first-order chi connectivity index (χ1) is 14.7. The minimum atomic E-state index is -4.17.